The molecule has 2 N–H and O–H groups in total. The minimum Gasteiger partial charge on any atom is -0.490 e. The fourth-order valence-electron chi connectivity index (χ4n) is 3.93. The van der Waals surface area contributed by atoms with Gasteiger partial charge in [0.15, 0.2) is 0 Å². The fourth-order valence-corrected chi connectivity index (χ4v) is 3.93. The van der Waals surface area contributed by atoms with Crippen LogP contribution in [0.1, 0.15) is 66.2 Å². The number of urea groups is 1. The molecule has 29 heavy (non-hydrogen) atoms. The van der Waals surface area contributed by atoms with Crippen LogP contribution < -0.4 is 20.3 Å². The summed E-state index contributed by atoms with van der Waals surface area (Å²) in [7, 11) is 0. The molecule has 160 valence electrons. The van der Waals surface area contributed by atoms with Crippen LogP contribution in [-0.2, 0) is 4.79 Å². The van der Waals surface area contributed by atoms with Crippen LogP contribution in [0.2, 0.25) is 0 Å². The molecule has 3 amide bonds. The van der Waals surface area contributed by atoms with Crippen LogP contribution in [0, 0.1) is 11.3 Å². The maximum atomic E-state index is 13.1. The highest BCUT2D eigenvalue weighted by Crippen LogP contribution is 2.38. The molecule has 6 nitrogen and oxygen atoms in total. The van der Waals surface area contributed by atoms with Crippen molar-refractivity contribution < 1.29 is 14.3 Å². The smallest absolute Gasteiger partial charge is 0.319 e. The topological polar surface area (TPSA) is 70.7 Å². The van der Waals surface area contributed by atoms with Gasteiger partial charge in [-0.05, 0) is 51.2 Å². The number of nitrogens with zero attached hydrogens (tertiary/aromatic N) is 1. The van der Waals surface area contributed by atoms with E-state index < -0.39 is 5.41 Å². The van der Waals surface area contributed by atoms with Gasteiger partial charge >= 0.3 is 6.03 Å². The van der Waals surface area contributed by atoms with Gasteiger partial charge < -0.3 is 20.3 Å². The number of fused-ring (bicyclic) bond motifs is 1. The van der Waals surface area contributed by atoms with E-state index in [1.165, 1.54) is 19.3 Å². The number of carbonyl (C=O) groups excluding carboxylic acids is 2. The number of amides is 3. The molecular weight excluding hydrogens is 366 g/mol. The third-order valence-corrected chi connectivity index (χ3v) is 5.79. The summed E-state index contributed by atoms with van der Waals surface area (Å²) in [5.74, 6) is 1.22. The fraction of sp³-hybridized carbons (Fsp3) is 0.652. The van der Waals surface area contributed by atoms with Crippen LogP contribution >= 0.6 is 0 Å². The second kappa shape index (κ2) is 9.06. The molecule has 0 bridgehead atoms. The maximum Gasteiger partial charge on any atom is 0.319 e. The Morgan fingerprint density at radius 3 is 2.66 bits per heavy atom. The van der Waals surface area contributed by atoms with Crippen LogP contribution in [0.4, 0.5) is 16.2 Å². The Balaban J connectivity index is 1.75. The van der Waals surface area contributed by atoms with E-state index in [1.54, 1.807) is 0 Å². The lowest BCUT2D eigenvalue weighted by molar-refractivity contribution is -0.127. The first-order valence-corrected chi connectivity index (χ1v) is 10.9. The predicted molar refractivity (Wildman–Crippen MR) is 117 cm³/mol. The molecule has 1 aliphatic heterocycles. The summed E-state index contributed by atoms with van der Waals surface area (Å²) in [6.07, 6.45) is 6.61. The van der Waals surface area contributed by atoms with Crippen LogP contribution in [0.15, 0.2) is 18.2 Å². The van der Waals surface area contributed by atoms with Gasteiger partial charge in [0.05, 0.1) is 11.1 Å². The summed E-state index contributed by atoms with van der Waals surface area (Å²) < 4.78 is 6.01. The average Bonchev–Trinajstić information content (AvgIpc) is 2.76. The Hall–Kier alpha value is -2.24. The molecule has 1 saturated carbocycles. The van der Waals surface area contributed by atoms with E-state index in [9.17, 15) is 9.59 Å². The van der Waals surface area contributed by atoms with Crippen LogP contribution in [-0.4, -0.2) is 31.1 Å². The lowest BCUT2D eigenvalue weighted by Gasteiger charge is -2.28. The molecule has 0 unspecified atom stereocenters. The van der Waals surface area contributed by atoms with E-state index in [2.05, 4.69) is 24.5 Å². The van der Waals surface area contributed by atoms with Gasteiger partial charge in [0.1, 0.15) is 12.4 Å². The number of benzene rings is 1. The Labute approximate surface area is 174 Å². The highest BCUT2D eigenvalue weighted by atomic mass is 16.5. The monoisotopic (exact) mass is 401 g/mol. The van der Waals surface area contributed by atoms with Gasteiger partial charge in [-0.15, -0.1) is 0 Å². The summed E-state index contributed by atoms with van der Waals surface area (Å²) in [6.45, 7) is 9.12. The Morgan fingerprint density at radius 1 is 1.24 bits per heavy atom. The second-order valence-electron chi connectivity index (χ2n) is 9.43. The molecule has 0 spiro atoms. The van der Waals surface area contributed by atoms with Gasteiger partial charge in [-0.2, -0.15) is 0 Å². The Bertz CT molecular complexity index is 739. The van der Waals surface area contributed by atoms with Gasteiger partial charge in [0, 0.05) is 24.3 Å². The molecule has 1 aromatic carbocycles. The van der Waals surface area contributed by atoms with Gasteiger partial charge in [-0.1, -0.05) is 33.1 Å². The summed E-state index contributed by atoms with van der Waals surface area (Å²) in [4.78, 5) is 27.3. The van der Waals surface area contributed by atoms with E-state index in [0.29, 0.717) is 30.5 Å². The molecule has 2 aliphatic rings. The molecule has 1 heterocycles. The van der Waals surface area contributed by atoms with E-state index in [4.69, 9.17) is 4.74 Å². The third-order valence-electron chi connectivity index (χ3n) is 5.79. The van der Waals surface area contributed by atoms with Crippen molar-refractivity contribution in [2.45, 2.75) is 72.3 Å². The van der Waals surface area contributed by atoms with Crippen molar-refractivity contribution in [1.82, 2.24) is 5.32 Å². The molecule has 6 heteroatoms. The van der Waals surface area contributed by atoms with Crippen molar-refractivity contribution in [3.8, 4) is 5.75 Å². The summed E-state index contributed by atoms with van der Waals surface area (Å²) in [5.41, 5.74) is 0.856. The van der Waals surface area contributed by atoms with Crippen molar-refractivity contribution >= 4 is 23.3 Å². The second-order valence-corrected chi connectivity index (χ2v) is 9.43. The first kappa shape index (κ1) is 21.5. The number of hydrogen-bond acceptors (Lipinski definition) is 3. The van der Waals surface area contributed by atoms with E-state index >= 15 is 0 Å². The molecule has 0 radical (unpaired) electrons. The van der Waals surface area contributed by atoms with Gasteiger partial charge in [0.25, 0.3) is 0 Å². The minimum absolute atomic E-state index is 0.0765. The van der Waals surface area contributed by atoms with Gasteiger partial charge in [-0.3, -0.25) is 4.79 Å². The first-order valence-electron chi connectivity index (χ1n) is 10.9. The zero-order chi connectivity index (χ0) is 21.0. The first-order chi connectivity index (χ1) is 13.8. The number of carbonyl (C=O) groups is 2. The average molecular weight is 402 g/mol. The minimum atomic E-state index is -0.595. The lowest BCUT2D eigenvalue weighted by atomic mass is 9.92. The SMILES string of the molecule is CC(C)CCN1C(=O)C(C)(C)COc2cc(NC(=O)NC3CCCCC3)ccc21. The molecule has 1 fully saturated rings. The molecule has 1 aromatic rings. The largest absolute Gasteiger partial charge is 0.490 e. The van der Waals surface area contributed by atoms with Crippen LogP contribution in [0.3, 0.4) is 0 Å². The molecule has 0 aromatic heterocycles. The number of anilines is 2. The van der Waals surface area contributed by atoms with Crippen molar-refractivity contribution in [3.63, 3.8) is 0 Å². The van der Waals surface area contributed by atoms with E-state index in [-0.39, 0.29) is 18.0 Å². The zero-order valence-corrected chi connectivity index (χ0v) is 18.2. The lowest BCUT2D eigenvalue weighted by Crippen LogP contribution is -2.42. The van der Waals surface area contributed by atoms with Crippen molar-refractivity contribution in [3.05, 3.63) is 18.2 Å². The molecule has 0 atom stereocenters. The molecular formula is C23H35N3O3. The summed E-state index contributed by atoms with van der Waals surface area (Å²) in [6, 6.07) is 5.62. The maximum absolute atomic E-state index is 13.1. The number of hydrogen-bond donors (Lipinski definition) is 2. The predicted octanol–water partition coefficient (Wildman–Crippen LogP) is 4.94. The van der Waals surface area contributed by atoms with E-state index in [1.807, 2.05) is 36.9 Å². The number of ether oxygens (including phenoxy) is 1. The quantitative estimate of drug-likeness (QED) is 0.734. The molecule has 0 saturated heterocycles. The number of rotatable bonds is 5. The standard InChI is InChI=1S/C23H35N3O3/c1-16(2)12-13-26-19-11-10-18(14-20(19)29-15-23(3,4)21(26)27)25-22(28)24-17-8-6-5-7-9-17/h10-11,14,16-17H,5-9,12-13,15H2,1-4H3,(H2,24,25,28). The summed E-state index contributed by atoms with van der Waals surface area (Å²) in [5, 5.41) is 5.99. The van der Waals surface area contributed by atoms with Crippen molar-refractivity contribution in [2.75, 3.05) is 23.4 Å². The number of nitrogens with one attached hydrogen (secondary N) is 2. The van der Waals surface area contributed by atoms with Crippen molar-refractivity contribution in [2.24, 2.45) is 11.3 Å². The highest BCUT2D eigenvalue weighted by Gasteiger charge is 2.37. The van der Waals surface area contributed by atoms with Crippen LogP contribution in [0.5, 0.6) is 5.75 Å². The highest BCUT2D eigenvalue weighted by molar-refractivity contribution is 6.00. The Kier molecular flexibility index (Phi) is 6.70. The van der Waals surface area contributed by atoms with Crippen LogP contribution in [0.25, 0.3) is 0 Å². The van der Waals surface area contributed by atoms with Gasteiger partial charge in [0.2, 0.25) is 5.91 Å². The normalized spacial score (nSPS) is 19.3. The Morgan fingerprint density at radius 2 is 1.97 bits per heavy atom. The van der Waals surface area contributed by atoms with Crippen molar-refractivity contribution in [1.29, 1.82) is 0 Å². The molecule has 1 aliphatic carbocycles. The summed E-state index contributed by atoms with van der Waals surface area (Å²) >= 11 is 0. The van der Waals surface area contributed by atoms with Gasteiger partial charge in [-0.25, -0.2) is 4.79 Å². The third kappa shape index (κ3) is 5.43. The van der Waals surface area contributed by atoms with E-state index in [0.717, 1.165) is 24.9 Å². The molecule has 3 rings (SSSR count). The zero-order valence-electron chi connectivity index (χ0n) is 18.2.